The Morgan fingerprint density at radius 2 is 2.00 bits per heavy atom. The summed E-state index contributed by atoms with van der Waals surface area (Å²) in [5, 5.41) is 0.602. The molecule has 4 heteroatoms. The van der Waals surface area contributed by atoms with Gasteiger partial charge in [0.2, 0.25) is 6.79 Å². The number of fused-ring (bicyclic) bond motifs is 1. The average molecular weight is 240 g/mol. The summed E-state index contributed by atoms with van der Waals surface area (Å²) in [5.41, 5.74) is 8.29. The minimum Gasteiger partial charge on any atom is -0.453 e. The fourth-order valence-corrected chi connectivity index (χ4v) is 2.75. The van der Waals surface area contributed by atoms with Gasteiger partial charge < -0.3 is 15.2 Å². The molecule has 86 valence electrons. The lowest BCUT2D eigenvalue weighted by atomic mass is 9.71. The molecule has 1 aliphatic heterocycles. The zero-order chi connectivity index (χ0) is 11.3. The van der Waals surface area contributed by atoms with Gasteiger partial charge in [0.25, 0.3) is 0 Å². The lowest BCUT2D eigenvalue weighted by Crippen LogP contribution is -2.43. The van der Waals surface area contributed by atoms with E-state index in [1.165, 1.54) is 6.42 Å². The summed E-state index contributed by atoms with van der Waals surface area (Å²) in [6.07, 6.45) is 3.22. The van der Waals surface area contributed by atoms with Crippen molar-refractivity contribution in [3.8, 4) is 11.5 Å². The molecule has 1 heterocycles. The van der Waals surface area contributed by atoms with Gasteiger partial charge >= 0.3 is 0 Å². The zero-order valence-electron chi connectivity index (χ0n) is 9.18. The summed E-state index contributed by atoms with van der Waals surface area (Å²) in [6, 6.07) is 1.93. The number of benzene rings is 1. The van der Waals surface area contributed by atoms with E-state index in [2.05, 4.69) is 0 Å². The Bertz CT molecular complexity index is 455. The van der Waals surface area contributed by atoms with Crippen LogP contribution >= 0.6 is 11.6 Å². The average Bonchev–Trinajstić information content (AvgIpc) is 2.69. The molecule has 0 bridgehead atoms. The number of rotatable bonds is 1. The van der Waals surface area contributed by atoms with E-state index in [1.807, 2.05) is 13.0 Å². The monoisotopic (exact) mass is 239 g/mol. The van der Waals surface area contributed by atoms with Gasteiger partial charge in [0.1, 0.15) is 0 Å². The minimum atomic E-state index is -0.214. The maximum absolute atomic E-state index is 6.33. The standard InChI is InChI=1S/C12H14ClNO2/c1-7-8(12(14)3-2-4-12)5-9(13)11-10(7)15-6-16-11/h5H,2-4,6,14H2,1H3. The molecular formula is C12H14ClNO2. The van der Waals surface area contributed by atoms with E-state index in [4.69, 9.17) is 26.8 Å². The molecular weight excluding hydrogens is 226 g/mol. The van der Waals surface area contributed by atoms with Crippen molar-refractivity contribution in [2.75, 3.05) is 6.79 Å². The Morgan fingerprint density at radius 1 is 1.31 bits per heavy atom. The predicted octanol–water partition coefficient (Wildman–Crippen LogP) is 2.72. The first-order valence-corrected chi connectivity index (χ1v) is 5.88. The van der Waals surface area contributed by atoms with Crippen molar-refractivity contribution >= 4 is 11.6 Å². The molecule has 0 amide bonds. The van der Waals surface area contributed by atoms with E-state index in [9.17, 15) is 0 Å². The third-order valence-corrected chi connectivity index (χ3v) is 3.91. The summed E-state index contributed by atoms with van der Waals surface area (Å²) in [4.78, 5) is 0. The number of ether oxygens (including phenoxy) is 2. The fourth-order valence-electron chi connectivity index (χ4n) is 2.50. The Kier molecular flexibility index (Phi) is 2.10. The summed E-state index contributed by atoms with van der Waals surface area (Å²) < 4.78 is 10.8. The molecule has 0 atom stereocenters. The van der Waals surface area contributed by atoms with Gasteiger partial charge in [0, 0.05) is 11.1 Å². The smallest absolute Gasteiger partial charge is 0.231 e. The van der Waals surface area contributed by atoms with Crippen LogP contribution in [-0.2, 0) is 5.54 Å². The number of halogens is 1. The van der Waals surface area contributed by atoms with Crippen LogP contribution in [0.4, 0.5) is 0 Å². The Morgan fingerprint density at radius 3 is 2.62 bits per heavy atom. The van der Waals surface area contributed by atoms with Crippen LogP contribution in [-0.4, -0.2) is 6.79 Å². The normalized spacial score (nSPS) is 20.7. The first-order chi connectivity index (χ1) is 7.62. The van der Waals surface area contributed by atoms with E-state index in [1.54, 1.807) is 0 Å². The van der Waals surface area contributed by atoms with Crippen molar-refractivity contribution in [3.05, 3.63) is 22.2 Å². The van der Waals surface area contributed by atoms with Gasteiger partial charge in [0.05, 0.1) is 5.02 Å². The number of hydrogen-bond donors (Lipinski definition) is 1. The highest BCUT2D eigenvalue weighted by molar-refractivity contribution is 6.32. The van der Waals surface area contributed by atoms with Crippen molar-refractivity contribution in [1.29, 1.82) is 0 Å². The molecule has 0 spiro atoms. The highest BCUT2D eigenvalue weighted by atomic mass is 35.5. The zero-order valence-corrected chi connectivity index (χ0v) is 9.93. The SMILES string of the molecule is Cc1c(C2(N)CCC2)cc(Cl)c2c1OCO2. The second-order valence-electron chi connectivity index (χ2n) is 4.61. The van der Waals surface area contributed by atoms with Crippen LogP contribution in [0.25, 0.3) is 0 Å². The highest BCUT2D eigenvalue weighted by Crippen LogP contribution is 2.49. The van der Waals surface area contributed by atoms with Crippen molar-refractivity contribution in [3.63, 3.8) is 0 Å². The van der Waals surface area contributed by atoms with Crippen LogP contribution in [0.1, 0.15) is 30.4 Å². The van der Waals surface area contributed by atoms with Crippen molar-refractivity contribution in [1.82, 2.24) is 0 Å². The lowest BCUT2D eigenvalue weighted by molar-refractivity contribution is 0.173. The van der Waals surface area contributed by atoms with Crippen molar-refractivity contribution < 1.29 is 9.47 Å². The number of hydrogen-bond acceptors (Lipinski definition) is 3. The van der Waals surface area contributed by atoms with Gasteiger partial charge in [-0.2, -0.15) is 0 Å². The van der Waals surface area contributed by atoms with E-state index in [-0.39, 0.29) is 12.3 Å². The third kappa shape index (κ3) is 1.25. The largest absolute Gasteiger partial charge is 0.453 e. The van der Waals surface area contributed by atoms with Gasteiger partial charge in [-0.25, -0.2) is 0 Å². The van der Waals surface area contributed by atoms with Gasteiger partial charge in [0.15, 0.2) is 11.5 Å². The van der Waals surface area contributed by atoms with Gasteiger partial charge in [-0.15, -0.1) is 0 Å². The number of nitrogens with two attached hydrogens (primary N) is 1. The molecule has 2 N–H and O–H groups in total. The molecule has 1 aromatic rings. The Hall–Kier alpha value is -0.930. The van der Waals surface area contributed by atoms with E-state index in [0.29, 0.717) is 10.8 Å². The lowest BCUT2D eigenvalue weighted by Gasteiger charge is -2.39. The quantitative estimate of drug-likeness (QED) is 0.820. The molecule has 1 saturated carbocycles. The first-order valence-electron chi connectivity index (χ1n) is 5.50. The molecule has 3 rings (SSSR count). The van der Waals surface area contributed by atoms with Crippen LogP contribution in [0.15, 0.2) is 6.07 Å². The second kappa shape index (κ2) is 3.28. The van der Waals surface area contributed by atoms with Crippen molar-refractivity contribution in [2.24, 2.45) is 5.73 Å². The summed E-state index contributed by atoms with van der Waals surface area (Å²) >= 11 is 6.17. The molecule has 2 aliphatic rings. The summed E-state index contributed by atoms with van der Waals surface area (Å²) in [7, 11) is 0. The summed E-state index contributed by atoms with van der Waals surface area (Å²) in [5.74, 6) is 1.42. The molecule has 0 radical (unpaired) electrons. The van der Waals surface area contributed by atoms with E-state index < -0.39 is 0 Å². The molecule has 0 unspecified atom stereocenters. The van der Waals surface area contributed by atoms with Crippen LogP contribution in [0.3, 0.4) is 0 Å². The van der Waals surface area contributed by atoms with Crippen LogP contribution in [0.2, 0.25) is 5.02 Å². The molecule has 1 fully saturated rings. The predicted molar refractivity (Wildman–Crippen MR) is 62.0 cm³/mol. The third-order valence-electron chi connectivity index (χ3n) is 3.63. The topological polar surface area (TPSA) is 44.5 Å². The van der Waals surface area contributed by atoms with Gasteiger partial charge in [-0.3, -0.25) is 0 Å². The molecule has 3 nitrogen and oxygen atoms in total. The molecule has 0 aromatic heterocycles. The summed E-state index contributed by atoms with van der Waals surface area (Å²) in [6.45, 7) is 2.27. The highest BCUT2D eigenvalue weighted by Gasteiger charge is 2.38. The van der Waals surface area contributed by atoms with E-state index >= 15 is 0 Å². The van der Waals surface area contributed by atoms with Crippen molar-refractivity contribution in [2.45, 2.75) is 31.7 Å². The maximum atomic E-state index is 6.33. The molecule has 1 aromatic carbocycles. The van der Waals surface area contributed by atoms with Crippen LogP contribution in [0.5, 0.6) is 11.5 Å². The van der Waals surface area contributed by atoms with Gasteiger partial charge in [-0.05, 0) is 37.8 Å². The molecule has 0 saturated heterocycles. The minimum absolute atomic E-state index is 0.214. The van der Waals surface area contributed by atoms with Crippen LogP contribution in [0, 0.1) is 6.92 Å². The van der Waals surface area contributed by atoms with Crippen LogP contribution < -0.4 is 15.2 Å². The molecule has 1 aliphatic carbocycles. The van der Waals surface area contributed by atoms with E-state index in [0.717, 1.165) is 29.7 Å². The second-order valence-corrected chi connectivity index (χ2v) is 5.01. The Balaban J connectivity index is 2.16. The fraction of sp³-hybridized carbons (Fsp3) is 0.500. The van der Waals surface area contributed by atoms with Gasteiger partial charge in [-0.1, -0.05) is 11.6 Å². The molecule has 16 heavy (non-hydrogen) atoms. The maximum Gasteiger partial charge on any atom is 0.231 e. The Labute approximate surface area is 99.5 Å². The first kappa shape index (κ1) is 10.2.